The zero-order valence-corrected chi connectivity index (χ0v) is 13.6. The number of thiazole rings is 1. The van der Waals surface area contributed by atoms with Gasteiger partial charge in [-0.25, -0.2) is 9.37 Å². The third-order valence-corrected chi connectivity index (χ3v) is 4.83. The van der Waals surface area contributed by atoms with Crippen molar-refractivity contribution in [3.63, 3.8) is 0 Å². The van der Waals surface area contributed by atoms with Gasteiger partial charge >= 0.3 is 0 Å². The number of amides is 1. The molecule has 0 radical (unpaired) electrons. The number of aromatic amines is 1. The van der Waals surface area contributed by atoms with Crippen LogP contribution in [0.15, 0.2) is 36.5 Å². The first-order valence-corrected chi connectivity index (χ1v) is 8.55. The molecule has 2 aromatic heterocycles. The van der Waals surface area contributed by atoms with Crippen molar-refractivity contribution in [3.05, 3.63) is 64.2 Å². The van der Waals surface area contributed by atoms with Crippen LogP contribution in [0.3, 0.4) is 0 Å². The first-order valence-electron chi connectivity index (χ1n) is 7.73. The van der Waals surface area contributed by atoms with Crippen molar-refractivity contribution in [3.8, 4) is 0 Å². The Hall–Kier alpha value is -2.54. The number of hydrogen-bond donors (Lipinski definition) is 2. The number of nitrogens with one attached hydrogen (secondary N) is 2. The van der Waals surface area contributed by atoms with E-state index in [4.69, 9.17) is 0 Å². The number of nitrogens with zero attached hydrogens (tertiary/aromatic N) is 2. The van der Waals surface area contributed by atoms with Crippen LogP contribution in [-0.4, -0.2) is 21.1 Å². The molecule has 0 spiro atoms. The molecular weight excluding hydrogens is 327 g/mol. The SMILES string of the molecule is O=C(Nc1ncc(Cc2ccc(F)cc2)s1)c1cc(C2CC2)[nH]n1. The largest absolute Gasteiger partial charge is 0.296 e. The average Bonchev–Trinajstić information content (AvgIpc) is 3.14. The minimum atomic E-state index is -0.263. The summed E-state index contributed by atoms with van der Waals surface area (Å²) in [5.41, 5.74) is 2.41. The van der Waals surface area contributed by atoms with E-state index in [1.165, 1.54) is 23.5 Å². The lowest BCUT2D eigenvalue weighted by molar-refractivity contribution is 0.102. The second-order valence-corrected chi connectivity index (χ2v) is 6.99. The van der Waals surface area contributed by atoms with Gasteiger partial charge in [-0.2, -0.15) is 5.10 Å². The van der Waals surface area contributed by atoms with E-state index in [0.29, 0.717) is 23.2 Å². The highest BCUT2D eigenvalue weighted by molar-refractivity contribution is 7.15. The van der Waals surface area contributed by atoms with Gasteiger partial charge in [-0.1, -0.05) is 12.1 Å². The molecule has 0 aliphatic heterocycles. The maximum atomic E-state index is 12.9. The smallest absolute Gasteiger partial charge is 0.277 e. The van der Waals surface area contributed by atoms with Gasteiger partial charge < -0.3 is 0 Å². The summed E-state index contributed by atoms with van der Waals surface area (Å²) in [5.74, 6) is 0.0163. The summed E-state index contributed by atoms with van der Waals surface area (Å²) in [4.78, 5) is 17.4. The Morgan fingerprint density at radius 1 is 1.33 bits per heavy atom. The highest BCUT2D eigenvalue weighted by Gasteiger charge is 2.26. The number of carbonyl (C=O) groups excluding carboxylic acids is 1. The molecule has 1 aromatic carbocycles. The minimum Gasteiger partial charge on any atom is -0.296 e. The van der Waals surface area contributed by atoms with Crippen molar-refractivity contribution >= 4 is 22.4 Å². The molecule has 1 aliphatic carbocycles. The number of halogens is 1. The Kier molecular flexibility index (Phi) is 3.86. The molecule has 0 atom stereocenters. The van der Waals surface area contributed by atoms with E-state index in [2.05, 4.69) is 20.5 Å². The quantitative estimate of drug-likeness (QED) is 0.742. The zero-order chi connectivity index (χ0) is 16.5. The van der Waals surface area contributed by atoms with E-state index in [-0.39, 0.29) is 11.7 Å². The lowest BCUT2D eigenvalue weighted by Crippen LogP contribution is -2.11. The Bertz CT molecular complexity index is 867. The van der Waals surface area contributed by atoms with E-state index in [9.17, 15) is 9.18 Å². The average molecular weight is 342 g/mol. The third kappa shape index (κ3) is 3.35. The van der Waals surface area contributed by atoms with E-state index in [1.807, 2.05) is 0 Å². The van der Waals surface area contributed by atoms with Crippen LogP contribution in [0, 0.1) is 5.82 Å². The number of benzene rings is 1. The molecule has 1 fully saturated rings. The second-order valence-electron chi connectivity index (χ2n) is 5.87. The normalized spacial score (nSPS) is 13.9. The molecule has 1 aliphatic rings. The zero-order valence-electron chi connectivity index (χ0n) is 12.8. The maximum absolute atomic E-state index is 12.9. The molecule has 3 aromatic rings. The molecule has 4 rings (SSSR count). The lowest BCUT2D eigenvalue weighted by atomic mass is 10.1. The fourth-order valence-electron chi connectivity index (χ4n) is 2.47. The van der Waals surface area contributed by atoms with Crippen LogP contribution in [0.2, 0.25) is 0 Å². The molecule has 7 heteroatoms. The number of rotatable bonds is 5. The monoisotopic (exact) mass is 342 g/mol. The number of anilines is 1. The molecule has 1 saturated carbocycles. The summed E-state index contributed by atoms with van der Waals surface area (Å²) in [6, 6.07) is 8.18. The topological polar surface area (TPSA) is 70.7 Å². The van der Waals surface area contributed by atoms with Gasteiger partial charge in [-0.05, 0) is 36.6 Å². The molecule has 5 nitrogen and oxygen atoms in total. The number of hydrogen-bond acceptors (Lipinski definition) is 4. The molecule has 2 heterocycles. The van der Waals surface area contributed by atoms with Crippen LogP contribution in [0.25, 0.3) is 0 Å². The van der Waals surface area contributed by atoms with E-state index >= 15 is 0 Å². The summed E-state index contributed by atoms with van der Waals surface area (Å²) >= 11 is 1.41. The van der Waals surface area contributed by atoms with Gasteiger partial charge in [-0.3, -0.25) is 15.2 Å². The van der Waals surface area contributed by atoms with Crippen LogP contribution < -0.4 is 5.32 Å². The third-order valence-electron chi connectivity index (χ3n) is 3.91. The second kappa shape index (κ2) is 6.16. The lowest BCUT2D eigenvalue weighted by Gasteiger charge is -1.98. The van der Waals surface area contributed by atoms with Gasteiger partial charge in [0.1, 0.15) is 5.82 Å². The Morgan fingerprint density at radius 2 is 2.12 bits per heavy atom. The van der Waals surface area contributed by atoms with Crippen molar-refractivity contribution in [2.45, 2.75) is 25.2 Å². The molecule has 0 bridgehead atoms. The molecular formula is C17H15FN4OS. The van der Waals surface area contributed by atoms with E-state index < -0.39 is 0 Å². The molecule has 0 unspecified atom stereocenters. The van der Waals surface area contributed by atoms with Gasteiger partial charge in [0, 0.05) is 29.1 Å². The molecule has 122 valence electrons. The number of aromatic nitrogens is 3. The molecule has 0 saturated heterocycles. The van der Waals surface area contributed by atoms with Crippen LogP contribution in [-0.2, 0) is 6.42 Å². The fraction of sp³-hybridized carbons (Fsp3) is 0.235. The van der Waals surface area contributed by atoms with Gasteiger partial charge in [0.05, 0.1) is 0 Å². The summed E-state index contributed by atoms with van der Waals surface area (Å²) in [7, 11) is 0. The fourth-order valence-corrected chi connectivity index (χ4v) is 3.31. The van der Waals surface area contributed by atoms with Gasteiger partial charge in [0.2, 0.25) is 0 Å². The summed E-state index contributed by atoms with van der Waals surface area (Å²) in [5, 5.41) is 10.3. The van der Waals surface area contributed by atoms with Crippen molar-refractivity contribution in [2.75, 3.05) is 5.32 Å². The molecule has 1 amide bonds. The summed E-state index contributed by atoms with van der Waals surface area (Å²) < 4.78 is 12.9. The Labute approximate surface area is 141 Å². The summed E-state index contributed by atoms with van der Waals surface area (Å²) in [6.45, 7) is 0. The van der Waals surface area contributed by atoms with Crippen LogP contribution in [0.5, 0.6) is 0 Å². The number of carbonyl (C=O) groups is 1. The minimum absolute atomic E-state index is 0.249. The Morgan fingerprint density at radius 3 is 2.88 bits per heavy atom. The maximum Gasteiger partial charge on any atom is 0.277 e. The predicted molar refractivity (Wildman–Crippen MR) is 89.8 cm³/mol. The van der Waals surface area contributed by atoms with Crippen molar-refractivity contribution in [1.29, 1.82) is 0 Å². The molecule has 24 heavy (non-hydrogen) atoms. The van der Waals surface area contributed by atoms with Crippen LogP contribution in [0.4, 0.5) is 9.52 Å². The highest BCUT2D eigenvalue weighted by Crippen LogP contribution is 2.39. The van der Waals surface area contributed by atoms with E-state index in [0.717, 1.165) is 29.0 Å². The van der Waals surface area contributed by atoms with Crippen LogP contribution >= 0.6 is 11.3 Å². The van der Waals surface area contributed by atoms with Crippen molar-refractivity contribution in [2.24, 2.45) is 0 Å². The van der Waals surface area contributed by atoms with Gasteiger partial charge in [0.25, 0.3) is 5.91 Å². The van der Waals surface area contributed by atoms with Crippen molar-refractivity contribution in [1.82, 2.24) is 15.2 Å². The van der Waals surface area contributed by atoms with Crippen LogP contribution in [0.1, 0.15) is 45.4 Å². The highest BCUT2D eigenvalue weighted by atomic mass is 32.1. The van der Waals surface area contributed by atoms with Crippen molar-refractivity contribution < 1.29 is 9.18 Å². The summed E-state index contributed by atoms with van der Waals surface area (Å²) in [6.07, 6.45) is 4.69. The standard InChI is InChI=1S/C17H15FN4OS/c18-12-5-1-10(2-6-12)7-13-9-19-17(24-13)20-16(23)15-8-14(21-22-15)11-3-4-11/h1-2,5-6,8-9,11H,3-4,7H2,(H,21,22)(H,19,20,23). The first-order chi connectivity index (χ1) is 11.7. The Balaban J connectivity index is 1.40. The van der Waals surface area contributed by atoms with Gasteiger partial charge in [-0.15, -0.1) is 11.3 Å². The van der Waals surface area contributed by atoms with Gasteiger partial charge in [0.15, 0.2) is 10.8 Å². The van der Waals surface area contributed by atoms with E-state index in [1.54, 1.807) is 24.4 Å². The first kappa shape index (κ1) is 15.0. The predicted octanol–water partition coefficient (Wildman–Crippen LogP) is 3.73. The molecule has 2 N–H and O–H groups in total. The number of H-pyrrole nitrogens is 1.